The highest BCUT2D eigenvalue weighted by Crippen LogP contribution is 2.67. The van der Waals surface area contributed by atoms with E-state index in [2.05, 4.69) is 59.8 Å². The summed E-state index contributed by atoms with van der Waals surface area (Å²) in [6.45, 7) is 14.2. The van der Waals surface area contributed by atoms with E-state index in [1.165, 1.54) is 18.4 Å². The number of fused-ring (bicyclic) bond motifs is 5. The van der Waals surface area contributed by atoms with Gasteiger partial charge in [-0.3, -0.25) is 0 Å². The lowest BCUT2D eigenvalue weighted by Crippen LogP contribution is -2.56. The Bertz CT molecular complexity index is 693. The molecule has 2 N–H and O–H groups in total. The molecule has 4 aliphatic carbocycles. The second-order valence-corrected chi connectivity index (χ2v) is 12.3. The summed E-state index contributed by atoms with van der Waals surface area (Å²) in [5.74, 6) is 4.34. The molecule has 2 nitrogen and oxygen atoms in total. The molecule has 0 unspecified atom stereocenters. The zero-order chi connectivity index (χ0) is 21.8. The first kappa shape index (κ1) is 22.6. The Morgan fingerprint density at radius 2 is 1.73 bits per heavy atom. The van der Waals surface area contributed by atoms with Crippen molar-refractivity contribution >= 4 is 0 Å². The minimum atomic E-state index is -0.197. The third-order valence-electron chi connectivity index (χ3n) is 10.7. The largest absolute Gasteiger partial charge is 0.393 e. The second kappa shape index (κ2) is 8.07. The zero-order valence-corrected chi connectivity index (χ0v) is 20.3. The summed E-state index contributed by atoms with van der Waals surface area (Å²) in [7, 11) is 0. The van der Waals surface area contributed by atoms with Crippen molar-refractivity contribution in [3.05, 3.63) is 23.8 Å². The topological polar surface area (TPSA) is 40.5 Å². The Kier molecular flexibility index (Phi) is 6.08. The zero-order valence-electron chi connectivity index (χ0n) is 20.3. The van der Waals surface area contributed by atoms with Crippen LogP contribution in [0.2, 0.25) is 0 Å². The van der Waals surface area contributed by atoms with E-state index in [1.54, 1.807) is 0 Å². The Morgan fingerprint density at radius 3 is 2.43 bits per heavy atom. The van der Waals surface area contributed by atoms with Crippen molar-refractivity contribution in [1.82, 2.24) is 0 Å². The molecule has 0 amide bonds. The normalized spacial score (nSPS) is 48.1. The summed E-state index contributed by atoms with van der Waals surface area (Å²) in [4.78, 5) is 0. The maximum atomic E-state index is 11.6. The smallest absolute Gasteiger partial charge is 0.0602 e. The van der Waals surface area contributed by atoms with Crippen molar-refractivity contribution in [3.8, 4) is 0 Å². The summed E-state index contributed by atoms with van der Waals surface area (Å²) in [6.07, 6.45) is 14.6. The van der Waals surface area contributed by atoms with E-state index in [0.29, 0.717) is 41.4 Å². The molecule has 0 heterocycles. The van der Waals surface area contributed by atoms with E-state index in [0.717, 1.165) is 32.1 Å². The van der Waals surface area contributed by atoms with Crippen LogP contribution >= 0.6 is 0 Å². The van der Waals surface area contributed by atoms with Crippen molar-refractivity contribution < 1.29 is 10.2 Å². The van der Waals surface area contributed by atoms with Gasteiger partial charge in [-0.2, -0.15) is 0 Å². The van der Waals surface area contributed by atoms with E-state index in [-0.39, 0.29) is 23.0 Å². The summed E-state index contributed by atoms with van der Waals surface area (Å²) < 4.78 is 0. The van der Waals surface area contributed by atoms with Gasteiger partial charge in [0.2, 0.25) is 0 Å². The first-order chi connectivity index (χ1) is 14.1. The van der Waals surface area contributed by atoms with Crippen LogP contribution in [-0.2, 0) is 0 Å². The van der Waals surface area contributed by atoms with Gasteiger partial charge in [0.25, 0.3) is 0 Å². The van der Waals surface area contributed by atoms with Gasteiger partial charge in [0.05, 0.1) is 12.2 Å². The molecule has 3 fully saturated rings. The van der Waals surface area contributed by atoms with Crippen LogP contribution in [0.4, 0.5) is 0 Å². The van der Waals surface area contributed by atoms with E-state index in [9.17, 15) is 10.2 Å². The maximum Gasteiger partial charge on any atom is 0.0602 e. The molecule has 2 heteroatoms. The van der Waals surface area contributed by atoms with E-state index >= 15 is 0 Å². The summed E-state index contributed by atoms with van der Waals surface area (Å²) in [6, 6.07) is 0. The number of allylic oxidation sites excluding steroid dienone is 3. The monoisotopic (exact) mass is 414 g/mol. The minimum absolute atomic E-state index is 0.0435. The van der Waals surface area contributed by atoms with Crippen molar-refractivity contribution in [2.24, 2.45) is 52.3 Å². The van der Waals surface area contributed by atoms with Crippen LogP contribution in [0.15, 0.2) is 23.8 Å². The molecule has 0 aliphatic heterocycles. The lowest BCUT2D eigenvalue weighted by Gasteiger charge is -2.60. The van der Waals surface area contributed by atoms with Crippen LogP contribution in [0.25, 0.3) is 0 Å². The lowest BCUT2D eigenvalue weighted by atomic mass is 9.46. The minimum Gasteiger partial charge on any atom is -0.393 e. The van der Waals surface area contributed by atoms with Gasteiger partial charge in [-0.1, -0.05) is 65.3 Å². The average Bonchev–Trinajstić information content (AvgIpc) is 3.06. The first-order valence-corrected chi connectivity index (χ1v) is 12.8. The van der Waals surface area contributed by atoms with Gasteiger partial charge in [0.15, 0.2) is 0 Å². The molecule has 10 atom stereocenters. The molecular formula is C28H46O2. The molecule has 0 aromatic rings. The van der Waals surface area contributed by atoms with E-state index < -0.39 is 0 Å². The molecule has 4 aliphatic rings. The number of aliphatic hydroxyl groups excluding tert-OH is 2. The van der Waals surface area contributed by atoms with Crippen LogP contribution in [-0.4, -0.2) is 22.4 Å². The van der Waals surface area contributed by atoms with Gasteiger partial charge in [-0.15, -0.1) is 0 Å². The average molecular weight is 415 g/mol. The van der Waals surface area contributed by atoms with E-state index in [1.807, 2.05) is 0 Å². The molecule has 170 valence electrons. The fourth-order valence-electron chi connectivity index (χ4n) is 8.21. The van der Waals surface area contributed by atoms with Gasteiger partial charge in [-0.25, -0.2) is 0 Å². The number of rotatable bonds is 4. The van der Waals surface area contributed by atoms with Crippen molar-refractivity contribution in [2.45, 2.75) is 98.7 Å². The summed E-state index contributed by atoms with van der Waals surface area (Å²) in [5.41, 5.74) is 1.73. The van der Waals surface area contributed by atoms with Gasteiger partial charge in [-0.05, 0) is 97.2 Å². The summed E-state index contributed by atoms with van der Waals surface area (Å²) in [5, 5.41) is 21.9. The quantitative estimate of drug-likeness (QED) is 0.524. The van der Waals surface area contributed by atoms with Crippen LogP contribution in [0.1, 0.15) is 86.5 Å². The highest BCUT2D eigenvalue weighted by atomic mass is 16.3. The van der Waals surface area contributed by atoms with Gasteiger partial charge in [0, 0.05) is 0 Å². The van der Waals surface area contributed by atoms with Crippen LogP contribution in [0.3, 0.4) is 0 Å². The van der Waals surface area contributed by atoms with E-state index in [4.69, 9.17) is 0 Å². The maximum absolute atomic E-state index is 11.6. The van der Waals surface area contributed by atoms with Crippen molar-refractivity contribution in [1.29, 1.82) is 0 Å². The third-order valence-corrected chi connectivity index (χ3v) is 10.7. The molecule has 0 aromatic heterocycles. The van der Waals surface area contributed by atoms with Gasteiger partial charge >= 0.3 is 0 Å². The molecule has 30 heavy (non-hydrogen) atoms. The van der Waals surface area contributed by atoms with Crippen molar-refractivity contribution in [3.63, 3.8) is 0 Å². The molecule has 4 rings (SSSR count). The first-order valence-electron chi connectivity index (χ1n) is 12.8. The Balaban J connectivity index is 1.58. The molecular weight excluding hydrogens is 368 g/mol. The second-order valence-electron chi connectivity index (χ2n) is 12.3. The van der Waals surface area contributed by atoms with Crippen LogP contribution in [0, 0.1) is 52.3 Å². The molecule has 0 radical (unpaired) electrons. The lowest BCUT2D eigenvalue weighted by molar-refractivity contribution is -0.133. The summed E-state index contributed by atoms with van der Waals surface area (Å²) >= 11 is 0. The highest BCUT2D eigenvalue weighted by Gasteiger charge is 2.62. The van der Waals surface area contributed by atoms with Gasteiger partial charge in [0.1, 0.15) is 0 Å². The van der Waals surface area contributed by atoms with Crippen molar-refractivity contribution in [2.75, 3.05) is 0 Å². The standard InChI is InChI=1S/C28H46O2/c1-17(2)18(3)7-8-19(4)23-11-12-24-22-10-9-20-15-21(29)13-14-27(20,5)25(22)16-26(30)28(23,24)6/h7-9,17-19,21-26,29-30H,10-16H2,1-6H3/b8-7+/t18-,19+,21-,22-,23+,24+,25-,26+,27-,28+/m0/s1. The predicted octanol–water partition coefficient (Wildman–Crippen LogP) is 6.38. The molecule has 0 aromatic carbocycles. The molecule has 0 bridgehead atoms. The Hall–Kier alpha value is -0.600. The Labute approximate surface area is 185 Å². The van der Waals surface area contributed by atoms with Crippen LogP contribution in [0.5, 0.6) is 0 Å². The predicted molar refractivity (Wildman–Crippen MR) is 125 cm³/mol. The SMILES string of the molecule is CC(C)[C@@H](C)/C=C/[C@@H](C)[C@H]1CC[C@@H]2[C@@H]3CC=C4C[C@@H](O)CC[C@]4(C)[C@H]3C[C@@H](O)[C@@]21C. The molecule has 3 saturated carbocycles. The highest BCUT2D eigenvalue weighted by molar-refractivity contribution is 5.26. The molecule has 0 spiro atoms. The van der Waals surface area contributed by atoms with Crippen LogP contribution < -0.4 is 0 Å². The number of hydrogen-bond acceptors (Lipinski definition) is 2. The van der Waals surface area contributed by atoms with Gasteiger partial charge < -0.3 is 10.2 Å². The fourth-order valence-corrected chi connectivity index (χ4v) is 8.21. The number of hydrogen-bond donors (Lipinski definition) is 2. The third kappa shape index (κ3) is 3.45. The Morgan fingerprint density at radius 1 is 1.00 bits per heavy atom. The molecule has 0 saturated heterocycles. The number of aliphatic hydroxyl groups is 2. The fraction of sp³-hybridized carbons (Fsp3) is 0.857.